The van der Waals surface area contributed by atoms with Crippen LogP contribution < -0.4 is 9.47 Å². The quantitative estimate of drug-likeness (QED) is 0.322. The molecular formula is C29H41Cl2NO5. The first kappa shape index (κ1) is 31.2. The molecule has 37 heavy (non-hydrogen) atoms. The molecule has 0 heterocycles. The van der Waals surface area contributed by atoms with Crippen molar-refractivity contribution < 1.29 is 24.1 Å². The third-order valence-corrected chi connectivity index (χ3v) is 7.50. The third kappa shape index (κ3) is 8.51. The molecule has 3 atom stereocenters. The SMILES string of the molecule is COc1ccc(CCN(C)CCC(OC[C@@H]2CCc3cc(Cl)ccc3[C@@H]2C(C)C)C(=O)O)cc1OC.Cl. The summed E-state index contributed by atoms with van der Waals surface area (Å²) in [5.74, 6) is 1.59. The van der Waals surface area contributed by atoms with Gasteiger partial charge in [-0.3, -0.25) is 0 Å². The van der Waals surface area contributed by atoms with Crippen molar-refractivity contribution in [2.45, 2.75) is 51.6 Å². The number of carboxylic acid groups (broad SMARTS) is 1. The van der Waals surface area contributed by atoms with E-state index in [9.17, 15) is 9.90 Å². The average molecular weight is 555 g/mol. The van der Waals surface area contributed by atoms with Gasteiger partial charge >= 0.3 is 5.97 Å². The Bertz CT molecular complexity index is 1020. The Labute approximate surface area is 232 Å². The number of halogens is 2. The van der Waals surface area contributed by atoms with Crippen LogP contribution in [0.5, 0.6) is 11.5 Å². The first-order valence-electron chi connectivity index (χ1n) is 12.8. The Morgan fingerprint density at radius 1 is 1.11 bits per heavy atom. The highest BCUT2D eigenvalue weighted by Crippen LogP contribution is 2.42. The van der Waals surface area contributed by atoms with Crippen molar-refractivity contribution in [2.24, 2.45) is 11.8 Å². The van der Waals surface area contributed by atoms with Gasteiger partial charge in [0.2, 0.25) is 0 Å². The summed E-state index contributed by atoms with van der Waals surface area (Å²) in [7, 11) is 5.26. The van der Waals surface area contributed by atoms with Crippen LogP contribution in [0, 0.1) is 11.8 Å². The van der Waals surface area contributed by atoms with Gasteiger partial charge in [-0.1, -0.05) is 37.6 Å². The van der Waals surface area contributed by atoms with Crippen molar-refractivity contribution in [3.8, 4) is 11.5 Å². The standard InChI is InChI=1S/C29H40ClNO5.ClH/c1-19(2)28-22(8-7-21-17-23(30)9-10-24(21)28)18-36-26(29(32)33)13-15-31(3)14-12-20-6-11-25(34-4)27(16-20)35-5;/h6,9-11,16-17,19,22,26,28H,7-8,12-15,18H2,1-5H3,(H,32,33);1H/t22-,26?,28+;/m0./s1. The Hall–Kier alpha value is -1.99. The van der Waals surface area contributed by atoms with Gasteiger partial charge in [-0.05, 0) is 91.4 Å². The fraction of sp³-hybridized carbons (Fsp3) is 0.552. The van der Waals surface area contributed by atoms with Crippen LogP contribution in [0.15, 0.2) is 36.4 Å². The van der Waals surface area contributed by atoms with E-state index in [1.54, 1.807) is 14.2 Å². The number of carbonyl (C=O) groups is 1. The molecule has 8 heteroatoms. The lowest BCUT2D eigenvalue weighted by Gasteiger charge is -2.37. The second-order valence-corrected chi connectivity index (χ2v) is 10.5. The van der Waals surface area contributed by atoms with Gasteiger partial charge < -0.3 is 24.2 Å². The van der Waals surface area contributed by atoms with Crippen LogP contribution in [0.3, 0.4) is 0 Å². The van der Waals surface area contributed by atoms with Gasteiger partial charge in [-0.25, -0.2) is 4.79 Å². The molecule has 0 bridgehead atoms. The minimum atomic E-state index is -0.896. The van der Waals surface area contributed by atoms with Crippen molar-refractivity contribution in [3.05, 3.63) is 58.1 Å². The number of rotatable bonds is 13. The molecule has 2 aromatic rings. The van der Waals surface area contributed by atoms with E-state index in [2.05, 4.69) is 30.9 Å². The highest BCUT2D eigenvalue weighted by molar-refractivity contribution is 6.30. The maximum atomic E-state index is 12.0. The zero-order valence-electron chi connectivity index (χ0n) is 22.5. The van der Waals surface area contributed by atoms with Gasteiger partial charge in [-0.15, -0.1) is 12.4 Å². The molecule has 3 rings (SSSR count). The van der Waals surface area contributed by atoms with E-state index in [-0.39, 0.29) is 12.4 Å². The maximum absolute atomic E-state index is 12.0. The summed E-state index contributed by atoms with van der Waals surface area (Å²) < 4.78 is 16.7. The van der Waals surface area contributed by atoms with E-state index in [4.69, 9.17) is 25.8 Å². The Kier molecular flexibility index (Phi) is 12.5. The van der Waals surface area contributed by atoms with E-state index in [0.717, 1.165) is 36.4 Å². The molecule has 0 saturated heterocycles. The van der Waals surface area contributed by atoms with Gasteiger partial charge in [-0.2, -0.15) is 0 Å². The molecule has 0 radical (unpaired) electrons. The Morgan fingerprint density at radius 2 is 1.84 bits per heavy atom. The van der Waals surface area contributed by atoms with Gasteiger partial charge in [0, 0.05) is 18.1 Å². The third-order valence-electron chi connectivity index (χ3n) is 7.26. The lowest BCUT2D eigenvalue weighted by Crippen LogP contribution is -2.34. The molecule has 0 aromatic heterocycles. The number of methoxy groups -OCH3 is 2. The fourth-order valence-electron chi connectivity index (χ4n) is 5.30. The number of ether oxygens (including phenoxy) is 3. The van der Waals surface area contributed by atoms with Gasteiger partial charge in [0.1, 0.15) is 0 Å². The summed E-state index contributed by atoms with van der Waals surface area (Å²) in [6.07, 6.45) is 2.39. The molecule has 1 aliphatic rings. The van der Waals surface area contributed by atoms with Crippen LogP contribution in [-0.2, 0) is 22.4 Å². The predicted molar refractivity (Wildman–Crippen MR) is 151 cm³/mol. The van der Waals surface area contributed by atoms with Crippen LogP contribution in [0.1, 0.15) is 49.3 Å². The first-order valence-corrected chi connectivity index (χ1v) is 13.1. The second kappa shape index (κ2) is 14.8. The van der Waals surface area contributed by atoms with Crippen molar-refractivity contribution in [1.82, 2.24) is 4.90 Å². The molecule has 0 aliphatic heterocycles. The number of hydrogen-bond acceptors (Lipinski definition) is 5. The number of nitrogens with zero attached hydrogens (tertiary/aromatic N) is 1. The van der Waals surface area contributed by atoms with E-state index in [0.29, 0.717) is 48.8 Å². The summed E-state index contributed by atoms with van der Waals surface area (Å²) >= 11 is 6.22. The van der Waals surface area contributed by atoms with Gasteiger partial charge in [0.25, 0.3) is 0 Å². The fourth-order valence-corrected chi connectivity index (χ4v) is 5.50. The van der Waals surface area contributed by atoms with Gasteiger partial charge in [0.15, 0.2) is 17.6 Å². The number of fused-ring (bicyclic) bond motifs is 1. The highest BCUT2D eigenvalue weighted by atomic mass is 35.5. The zero-order valence-corrected chi connectivity index (χ0v) is 24.1. The molecule has 1 N–H and O–H groups in total. The topological polar surface area (TPSA) is 68.2 Å². The van der Waals surface area contributed by atoms with Crippen molar-refractivity contribution in [1.29, 1.82) is 0 Å². The molecule has 1 unspecified atom stereocenters. The minimum absolute atomic E-state index is 0. The van der Waals surface area contributed by atoms with E-state index in [1.165, 1.54) is 11.1 Å². The van der Waals surface area contributed by atoms with Crippen LogP contribution in [0.4, 0.5) is 0 Å². The molecule has 0 saturated carbocycles. The summed E-state index contributed by atoms with van der Waals surface area (Å²) in [5, 5.41) is 10.6. The lowest BCUT2D eigenvalue weighted by atomic mass is 9.70. The summed E-state index contributed by atoms with van der Waals surface area (Å²) in [6, 6.07) is 12.1. The van der Waals surface area contributed by atoms with Crippen LogP contribution >= 0.6 is 24.0 Å². The second-order valence-electron chi connectivity index (χ2n) is 10.1. The van der Waals surface area contributed by atoms with E-state index < -0.39 is 12.1 Å². The number of aryl methyl sites for hydroxylation is 1. The molecule has 0 amide bonds. The van der Waals surface area contributed by atoms with Crippen LogP contribution in [0.25, 0.3) is 0 Å². The zero-order chi connectivity index (χ0) is 26.2. The van der Waals surface area contributed by atoms with E-state index >= 15 is 0 Å². The number of aliphatic carboxylic acids is 1. The summed E-state index contributed by atoms with van der Waals surface area (Å²) in [4.78, 5) is 14.1. The summed E-state index contributed by atoms with van der Waals surface area (Å²) in [6.45, 7) is 6.35. The minimum Gasteiger partial charge on any atom is -0.493 e. The first-order chi connectivity index (χ1) is 17.2. The molecule has 2 aromatic carbocycles. The van der Waals surface area contributed by atoms with E-state index in [1.807, 2.05) is 31.3 Å². The molecule has 0 fully saturated rings. The summed E-state index contributed by atoms with van der Waals surface area (Å²) in [5.41, 5.74) is 3.78. The number of likely N-dealkylation sites (N-methyl/N-ethyl adjacent to an activating group) is 1. The van der Waals surface area contributed by atoms with Crippen molar-refractivity contribution in [2.75, 3.05) is 41.0 Å². The Balaban J connectivity index is 0.00000481. The lowest BCUT2D eigenvalue weighted by molar-refractivity contribution is -0.152. The maximum Gasteiger partial charge on any atom is 0.332 e. The number of carboxylic acids is 1. The molecule has 0 spiro atoms. The smallest absolute Gasteiger partial charge is 0.332 e. The molecule has 1 aliphatic carbocycles. The average Bonchev–Trinajstić information content (AvgIpc) is 2.86. The number of hydrogen-bond donors (Lipinski definition) is 1. The molecule has 206 valence electrons. The largest absolute Gasteiger partial charge is 0.493 e. The van der Waals surface area contributed by atoms with Crippen molar-refractivity contribution in [3.63, 3.8) is 0 Å². The highest BCUT2D eigenvalue weighted by Gasteiger charge is 2.33. The van der Waals surface area contributed by atoms with Crippen LogP contribution in [0.2, 0.25) is 5.02 Å². The monoisotopic (exact) mass is 553 g/mol. The molecular weight excluding hydrogens is 513 g/mol. The van der Waals surface area contributed by atoms with Crippen molar-refractivity contribution >= 4 is 30.0 Å². The van der Waals surface area contributed by atoms with Crippen LogP contribution in [-0.4, -0.2) is 63.0 Å². The predicted octanol–water partition coefficient (Wildman–Crippen LogP) is 6.12. The molecule has 6 nitrogen and oxygen atoms in total. The normalized spacial score (nSPS) is 17.7. The number of benzene rings is 2. The van der Waals surface area contributed by atoms with Gasteiger partial charge in [0.05, 0.1) is 20.8 Å². The Morgan fingerprint density at radius 3 is 2.49 bits per heavy atom.